The fourth-order valence-corrected chi connectivity index (χ4v) is 3.24. The number of halogens is 3. The molecular formula is C14H18Cl3NO2. The summed E-state index contributed by atoms with van der Waals surface area (Å²) in [6.45, 7) is 3.11. The molecular weight excluding hydrogens is 321 g/mol. The molecule has 0 radical (unpaired) electrons. The van der Waals surface area contributed by atoms with Crippen molar-refractivity contribution in [3.05, 3.63) is 27.2 Å². The summed E-state index contributed by atoms with van der Waals surface area (Å²) < 4.78 is 11.4. The minimum atomic E-state index is -0.0504. The highest BCUT2D eigenvalue weighted by Crippen LogP contribution is 2.39. The number of ether oxygens (including phenoxy) is 2. The van der Waals surface area contributed by atoms with Crippen molar-refractivity contribution in [3.8, 4) is 5.75 Å². The second-order valence-corrected chi connectivity index (χ2v) is 6.10. The Labute approximate surface area is 134 Å². The van der Waals surface area contributed by atoms with Crippen molar-refractivity contribution in [2.45, 2.75) is 38.0 Å². The lowest BCUT2D eigenvalue weighted by atomic mass is 9.85. The van der Waals surface area contributed by atoms with Crippen LogP contribution in [0, 0.1) is 0 Å². The van der Waals surface area contributed by atoms with Crippen LogP contribution in [-0.4, -0.2) is 31.9 Å². The molecule has 0 amide bonds. The number of hydrogen-bond donors (Lipinski definition) is 1. The zero-order valence-corrected chi connectivity index (χ0v) is 13.7. The number of hydrogen-bond acceptors (Lipinski definition) is 3. The molecule has 1 saturated carbocycles. The predicted octanol–water partition coefficient (Wildman–Crippen LogP) is 4.18. The van der Waals surface area contributed by atoms with Crippen LogP contribution in [-0.2, 0) is 4.74 Å². The molecule has 1 aliphatic rings. The lowest BCUT2D eigenvalue weighted by molar-refractivity contribution is -0.0886. The molecule has 2 rings (SSSR count). The second kappa shape index (κ2) is 7.19. The number of nitrogens with one attached hydrogen (secondary N) is 1. The Bertz CT molecular complexity index is 447. The van der Waals surface area contributed by atoms with Crippen LogP contribution in [0.5, 0.6) is 5.75 Å². The molecule has 0 saturated heterocycles. The van der Waals surface area contributed by atoms with Crippen LogP contribution in [0.2, 0.25) is 15.1 Å². The highest BCUT2D eigenvalue weighted by Gasteiger charge is 2.43. The van der Waals surface area contributed by atoms with Crippen molar-refractivity contribution in [2.75, 3.05) is 13.7 Å². The molecule has 0 aliphatic heterocycles. The zero-order valence-electron chi connectivity index (χ0n) is 11.5. The van der Waals surface area contributed by atoms with Gasteiger partial charge in [0.25, 0.3) is 0 Å². The molecule has 1 aliphatic carbocycles. The van der Waals surface area contributed by atoms with Gasteiger partial charge in [-0.25, -0.2) is 0 Å². The van der Waals surface area contributed by atoms with E-state index in [1.54, 1.807) is 19.2 Å². The van der Waals surface area contributed by atoms with Crippen molar-refractivity contribution < 1.29 is 9.47 Å². The quantitative estimate of drug-likeness (QED) is 0.844. The Kier molecular flexibility index (Phi) is 5.82. The Morgan fingerprint density at radius 3 is 2.45 bits per heavy atom. The van der Waals surface area contributed by atoms with Gasteiger partial charge >= 0.3 is 0 Å². The molecule has 1 fully saturated rings. The van der Waals surface area contributed by atoms with E-state index < -0.39 is 0 Å². The maximum Gasteiger partial charge on any atom is 0.157 e. The van der Waals surface area contributed by atoms with Crippen molar-refractivity contribution in [3.63, 3.8) is 0 Å². The smallest absolute Gasteiger partial charge is 0.157 e. The Hall–Kier alpha value is -0.190. The van der Waals surface area contributed by atoms with Gasteiger partial charge in [-0.05, 0) is 25.1 Å². The minimum Gasteiger partial charge on any atom is -0.484 e. The van der Waals surface area contributed by atoms with Gasteiger partial charge in [0.05, 0.1) is 10.0 Å². The third-order valence-corrected chi connectivity index (χ3v) is 4.19. The van der Waals surface area contributed by atoms with E-state index in [0.29, 0.717) is 26.9 Å². The van der Waals surface area contributed by atoms with Crippen LogP contribution >= 0.6 is 34.8 Å². The van der Waals surface area contributed by atoms with Crippen molar-refractivity contribution in [2.24, 2.45) is 0 Å². The summed E-state index contributed by atoms with van der Waals surface area (Å²) in [4.78, 5) is 0. The third-order valence-electron chi connectivity index (χ3n) is 3.41. The first-order valence-corrected chi connectivity index (χ1v) is 7.77. The first kappa shape index (κ1) is 16.2. The Morgan fingerprint density at radius 2 is 1.90 bits per heavy atom. The molecule has 3 atom stereocenters. The fourth-order valence-electron chi connectivity index (χ4n) is 2.34. The van der Waals surface area contributed by atoms with E-state index in [0.717, 1.165) is 19.4 Å². The molecule has 1 aromatic rings. The summed E-state index contributed by atoms with van der Waals surface area (Å²) >= 11 is 18.1. The van der Waals surface area contributed by atoms with Gasteiger partial charge in [-0.15, -0.1) is 0 Å². The molecule has 1 N–H and O–H groups in total. The number of rotatable bonds is 6. The predicted molar refractivity (Wildman–Crippen MR) is 83.4 cm³/mol. The average Bonchev–Trinajstić information content (AvgIpc) is 2.35. The van der Waals surface area contributed by atoms with E-state index in [4.69, 9.17) is 44.3 Å². The van der Waals surface area contributed by atoms with Crippen LogP contribution in [0.15, 0.2) is 12.1 Å². The van der Waals surface area contributed by atoms with Crippen LogP contribution < -0.4 is 10.1 Å². The van der Waals surface area contributed by atoms with Gasteiger partial charge in [0.15, 0.2) is 5.75 Å². The second-order valence-electron chi connectivity index (χ2n) is 4.85. The van der Waals surface area contributed by atoms with E-state index >= 15 is 0 Å². The average molecular weight is 339 g/mol. The third kappa shape index (κ3) is 3.52. The molecule has 3 unspecified atom stereocenters. The molecule has 1 aromatic carbocycles. The van der Waals surface area contributed by atoms with Crippen LogP contribution in [0.25, 0.3) is 0 Å². The Balaban J connectivity index is 2.01. The van der Waals surface area contributed by atoms with Crippen LogP contribution in [0.4, 0.5) is 0 Å². The molecule has 0 heterocycles. The van der Waals surface area contributed by atoms with Crippen LogP contribution in [0.1, 0.15) is 19.8 Å². The van der Waals surface area contributed by atoms with E-state index in [9.17, 15) is 0 Å². The molecule has 20 heavy (non-hydrogen) atoms. The maximum atomic E-state index is 6.12. The van der Waals surface area contributed by atoms with Gasteiger partial charge in [-0.3, -0.25) is 0 Å². The lowest BCUT2D eigenvalue weighted by Crippen LogP contribution is -2.61. The lowest BCUT2D eigenvalue weighted by Gasteiger charge is -2.43. The van der Waals surface area contributed by atoms with Gasteiger partial charge in [0, 0.05) is 24.6 Å². The highest BCUT2D eigenvalue weighted by molar-refractivity contribution is 6.40. The largest absolute Gasteiger partial charge is 0.484 e. The number of benzene rings is 1. The zero-order chi connectivity index (χ0) is 14.7. The summed E-state index contributed by atoms with van der Waals surface area (Å²) in [5.41, 5.74) is 0. The normalized spacial score (nSPS) is 25.4. The van der Waals surface area contributed by atoms with Crippen molar-refractivity contribution in [1.29, 1.82) is 0 Å². The topological polar surface area (TPSA) is 30.5 Å². The monoisotopic (exact) mass is 337 g/mol. The first-order chi connectivity index (χ1) is 9.56. The molecule has 6 heteroatoms. The number of methoxy groups -OCH3 is 1. The van der Waals surface area contributed by atoms with Crippen molar-refractivity contribution in [1.82, 2.24) is 5.32 Å². The Morgan fingerprint density at radius 1 is 1.25 bits per heavy atom. The van der Waals surface area contributed by atoms with E-state index in [1.165, 1.54) is 0 Å². The van der Waals surface area contributed by atoms with Gasteiger partial charge in [0.1, 0.15) is 12.2 Å². The van der Waals surface area contributed by atoms with Gasteiger partial charge < -0.3 is 14.8 Å². The highest BCUT2D eigenvalue weighted by atomic mass is 35.5. The van der Waals surface area contributed by atoms with Crippen LogP contribution in [0.3, 0.4) is 0 Å². The summed E-state index contributed by atoms with van der Waals surface area (Å²) in [6, 6.07) is 3.56. The molecule has 112 valence electrons. The molecule has 0 bridgehead atoms. The summed E-state index contributed by atoms with van der Waals surface area (Å²) in [5, 5.41) is 4.76. The van der Waals surface area contributed by atoms with Crippen molar-refractivity contribution >= 4 is 34.8 Å². The maximum absolute atomic E-state index is 6.12. The summed E-state index contributed by atoms with van der Waals surface area (Å²) in [6.07, 6.45) is 1.91. The SMILES string of the molecule is CCCNC1CC(Oc2c(Cl)cc(Cl)cc2Cl)C1OC. The minimum absolute atomic E-state index is 0.00404. The van der Waals surface area contributed by atoms with E-state index in [2.05, 4.69) is 12.2 Å². The van der Waals surface area contributed by atoms with Gasteiger partial charge in [-0.2, -0.15) is 0 Å². The van der Waals surface area contributed by atoms with Gasteiger partial charge in [-0.1, -0.05) is 41.7 Å². The molecule has 0 spiro atoms. The molecule has 0 aromatic heterocycles. The summed E-state index contributed by atoms with van der Waals surface area (Å²) in [7, 11) is 1.69. The first-order valence-electron chi connectivity index (χ1n) is 6.64. The standard InChI is InChI=1S/C14H18Cl3NO2/c1-3-4-18-11-7-12(14(11)19-2)20-13-9(16)5-8(15)6-10(13)17/h5-6,11-12,14,18H,3-4,7H2,1-2H3. The van der Waals surface area contributed by atoms with E-state index in [-0.39, 0.29) is 12.2 Å². The fraction of sp³-hybridized carbons (Fsp3) is 0.571. The molecule has 3 nitrogen and oxygen atoms in total. The van der Waals surface area contributed by atoms with Gasteiger partial charge in [0.2, 0.25) is 0 Å². The summed E-state index contributed by atoms with van der Waals surface area (Å²) in [5.74, 6) is 0.471. The van der Waals surface area contributed by atoms with E-state index in [1.807, 2.05) is 0 Å².